The number of nitrogens with zero attached hydrogens (tertiary/aromatic N) is 3. The van der Waals surface area contributed by atoms with Gasteiger partial charge in [-0.1, -0.05) is 6.07 Å². The Morgan fingerprint density at radius 3 is 2.47 bits per heavy atom. The third-order valence-electron chi connectivity index (χ3n) is 7.27. The van der Waals surface area contributed by atoms with E-state index in [2.05, 4.69) is 10.6 Å². The number of halogens is 2. The Balaban J connectivity index is 1.70. The number of rotatable bonds is 5. The molecule has 2 aliphatic heterocycles. The van der Waals surface area contributed by atoms with Crippen LogP contribution in [-0.2, 0) is 14.4 Å². The first kappa shape index (κ1) is 26.1. The van der Waals surface area contributed by atoms with Crippen LogP contribution in [0, 0.1) is 14.8 Å². The van der Waals surface area contributed by atoms with E-state index >= 15 is 0 Å². The summed E-state index contributed by atoms with van der Waals surface area (Å²) in [4.78, 5) is 57.4. The summed E-state index contributed by atoms with van der Waals surface area (Å²) >= 11 is 2.01. The number of fused-ring (bicyclic) bond motifs is 1. The van der Waals surface area contributed by atoms with E-state index in [9.17, 15) is 23.6 Å². The summed E-state index contributed by atoms with van der Waals surface area (Å²) in [7, 11) is 1.56. The molecule has 38 heavy (non-hydrogen) atoms. The van der Waals surface area contributed by atoms with E-state index in [1.165, 1.54) is 27.7 Å². The van der Waals surface area contributed by atoms with Crippen LogP contribution in [0.3, 0.4) is 0 Å². The molecule has 2 aromatic carbocycles. The van der Waals surface area contributed by atoms with Crippen molar-refractivity contribution in [3.8, 4) is 0 Å². The minimum absolute atomic E-state index is 0.136. The molecule has 2 aromatic rings. The van der Waals surface area contributed by atoms with Gasteiger partial charge in [-0.15, -0.1) is 0 Å². The molecule has 1 saturated carbocycles. The number of carbonyl (C=O) groups excluding carboxylic acids is 4. The molecular formula is C27H27FIN5O4. The largest absolute Gasteiger partial charge is 0.362 e. The number of nitrogens with one attached hydrogen (secondary N) is 2. The second-order valence-electron chi connectivity index (χ2n) is 10.0. The third kappa shape index (κ3) is 4.12. The zero-order valence-corrected chi connectivity index (χ0v) is 23.5. The molecule has 2 fully saturated rings. The molecule has 0 aromatic heterocycles. The minimum atomic E-state index is -1.44. The molecule has 2 heterocycles. The van der Waals surface area contributed by atoms with Crippen LogP contribution in [-0.4, -0.2) is 52.8 Å². The van der Waals surface area contributed by atoms with Crippen molar-refractivity contribution in [2.24, 2.45) is 5.41 Å². The summed E-state index contributed by atoms with van der Waals surface area (Å²) in [5, 5.41) is 5.81. The van der Waals surface area contributed by atoms with Crippen molar-refractivity contribution in [2.75, 3.05) is 22.6 Å². The molecule has 3 aliphatic rings. The number of carbonyl (C=O) groups is 4. The number of imide groups is 1. The molecule has 1 saturated heterocycles. The van der Waals surface area contributed by atoms with Gasteiger partial charge in [-0.3, -0.25) is 24.2 Å². The van der Waals surface area contributed by atoms with E-state index in [4.69, 9.17) is 0 Å². The molecule has 2 unspecified atom stereocenters. The lowest BCUT2D eigenvalue weighted by atomic mass is 9.73. The van der Waals surface area contributed by atoms with Gasteiger partial charge in [0, 0.05) is 34.8 Å². The van der Waals surface area contributed by atoms with E-state index < -0.39 is 35.2 Å². The molecule has 0 radical (unpaired) electrons. The first-order chi connectivity index (χ1) is 17.9. The summed E-state index contributed by atoms with van der Waals surface area (Å²) < 4.78 is 15.6. The topological polar surface area (TPSA) is 102 Å². The highest BCUT2D eigenvalue weighted by Gasteiger charge is 2.63. The first-order valence-corrected chi connectivity index (χ1v) is 13.3. The Bertz CT molecular complexity index is 1420. The normalized spacial score (nSPS) is 23.6. The van der Waals surface area contributed by atoms with Crippen LogP contribution in [0.4, 0.5) is 26.2 Å². The van der Waals surface area contributed by atoms with Gasteiger partial charge in [0.15, 0.2) is 0 Å². The van der Waals surface area contributed by atoms with Crippen molar-refractivity contribution < 1.29 is 23.6 Å². The molecule has 5 amide bonds. The van der Waals surface area contributed by atoms with Gasteiger partial charge in [-0.05, 0) is 85.7 Å². The van der Waals surface area contributed by atoms with Crippen LogP contribution in [0.15, 0.2) is 53.7 Å². The maximum absolute atomic E-state index is 14.9. The van der Waals surface area contributed by atoms with Gasteiger partial charge in [-0.25, -0.2) is 9.18 Å². The summed E-state index contributed by atoms with van der Waals surface area (Å²) in [6, 6.07) is 10.5. The number of amides is 5. The summed E-state index contributed by atoms with van der Waals surface area (Å²) in [5.74, 6) is -1.64. The average Bonchev–Trinajstić information content (AvgIpc) is 3.68. The first-order valence-electron chi connectivity index (χ1n) is 12.2. The number of benzene rings is 2. The Morgan fingerprint density at radius 1 is 1.13 bits per heavy atom. The van der Waals surface area contributed by atoms with Crippen LogP contribution in [0.1, 0.15) is 33.6 Å². The number of hydrogen-bond donors (Lipinski definition) is 2. The predicted octanol–water partition coefficient (Wildman–Crippen LogP) is 4.51. The van der Waals surface area contributed by atoms with Gasteiger partial charge in [0.2, 0.25) is 11.8 Å². The van der Waals surface area contributed by atoms with Crippen molar-refractivity contribution in [2.45, 2.75) is 45.8 Å². The number of anilines is 3. The van der Waals surface area contributed by atoms with Gasteiger partial charge in [-0.2, -0.15) is 0 Å². The smallest absolute Gasteiger partial charge is 0.335 e. The molecule has 0 bridgehead atoms. The predicted molar refractivity (Wildman–Crippen MR) is 149 cm³/mol. The molecule has 9 nitrogen and oxygen atoms in total. The Hall–Kier alpha value is -3.48. The maximum atomic E-state index is 14.9. The molecular weight excluding hydrogens is 604 g/mol. The summed E-state index contributed by atoms with van der Waals surface area (Å²) in [5.41, 5.74) is 0.0260. The molecule has 5 rings (SSSR count). The lowest BCUT2D eigenvalue weighted by Gasteiger charge is -2.54. The van der Waals surface area contributed by atoms with Crippen molar-refractivity contribution in [1.29, 1.82) is 0 Å². The van der Waals surface area contributed by atoms with Gasteiger partial charge in [0.25, 0.3) is 5.91 Å². The number of hydrogen-bond acceptors (Lipinski definition) is 5. The summed E-state index contributed by atoms with van der Waals surface area (Å²) in [6.07, 6.45) is 0.375. The average molecular weight is 631 g/mol. The Labute approximate surface area is 233 Å². The second kappa shape index (κ2) is 9.37. The highest BCUT2D eigenvalue weighted by atomic mass is 127. The third-order valence-corrected chi connectivity index (χ3v) is 7.94. The van der Waals surface area contributed by atoms with E-state index in [1.54, 1.807) is 57.3 Å². The quantitative estimate of drug-likeness (QED) is 0.474. The van der Waals surface area contributed by atoms with Crippen LogP contribution in [0.2, 0.25) is 0 Å². The van der Waals surface area contributed by atoms with Gasteiger partial charge in [0.05, 0.1) is 17.1 Å². The maximum Gasteiger partial charge on any atom is 0.335 e. The van der Waals surface area contributed by atoms with Crippen molar-refractivity contribution >= 4 is 63.4 Å². The standard InChI is InChI=1S/C27H27FIN5O4/c1-14-22-27(3,24(32(4)23(14)36)31-21-11-8-16(29)12-20(21)28)25(37)34(18-9-10-18)26(38)33(22)19-7-5-6-17(13-19)30-15(2)35/h5-8,11-13,18,24,31H,9-10H2,1-4H3,(H,30,35). The monoisotopic (exact) mass is 631 g/mol. The highest BCUT2D eigenvalue weighted by molar-refractivity contribution is 14.1. The van der Waals surface area contributed by atoms with E-state index in [-0.39, 0.29) is 28.9 Å². The Morgan fingerprint density at radius 2 is 1.84 bits per heavy atom. The highest BCUT2D eigenvalue weighted by Crippen LogP contribution is 2.50. The van der Waals surface area contributed by atoms with Crippen molar-refractivity contribution in [1.82, 2.24) is 9.80 Å². The molecule has 0 spiro atoms. The zero-order chi connectivity index (χ0) is 27.5. The van der Waals surface area contributed by atoms with Crippen molar-refractivity contribution in [3.05, 3.63) is 63.1 Å². The van der Waals surface area contributed by atoms with Gasteiger partial charge in [0.1, 0.15) is 17.4 Å². The SMILES string of the molecule is CC(=O)Nc1cccc(N2C(=O)N(C3CC3)C(=O)C3(C)C2=C(C)C(=O)N(C)C3Nc2ccc(I)cc2F)c1. The molecule has 2 N–H and O–H groups in total. The van der Waals surface area contributed by atoms with Crippen molar-refractivity contribution in [3.63, 3.8) is 0 Å². The zero-order valence-electron chi connectivity index (χ0n) is 21.3. The lowest BCUT2D eigenvalue weighted by Crippen LogP contribution is -2.70. The number of likely N-dealkylation sites (N-methyl/N-ethyl adjacent to an activating group) is 1. The fraction of sp³-hybridized carbons (Fsp3) is 0.333. The molecule has 198 valence electrons. The van der Waals surface area contributed by atoms with Crippen LogP contribution in [0.5, 0.6) is 0 Å². The van der Waals surface area contributed by atoms with Crippen LogP contribution >= 0.6 is 22.6 Å². The van der Waals surface area contributed by atoms with Gasteiger partial charge < -0.3 is 15.5 Å². The second-order valence-corrected chi connectivity index (χ2v) is 11.3. The molecule has 1 aliphatic carbocycles. The Kier molecular flexibility index (Phi) is 6.44. The van der Waals surface area contributed by atoms with Crippen LogP contribution < -0.4 is 15.5 Å². The van der Waals surface area contributed by atoms with Gasteiger partial charge >= 0.3 is 6.03 Å². The van der Waals surface area contributed by atoms with E-state index in [1.807, 2.05) is 22.6 Å². The fourth-order valence-electron chi connectivity index (χ4n) is 5.36. The lowest BCUT2D eigenvalue weighted by molar-refractivity contribution is -0.145. The fourth-order valence-corrected chi connectivity index (χ4v) is 5.82. The van der Waals surface area contributed by atoms with E-state index in [0.717, 1.165) is 0 Å². The molecule has 2 atom stereocenters. The van der Waals surface area contributed by atoms with Crippen LogP contribution in [0.25, 0.3) is 0 Å². The summed E-state index contributed by atoms with van der Waals surface area (Å²) in [6.45, 7) is 4.66. The minimum Gasteiger partial charge on any atom is -0.362 e. The molecule has 11 heteroatoms. The van der Waals surface area contributed by atoms with E-state index in [0.29, 0.717) is 27.8 Å². The number of urea groups is 1.